The Kier molecular flexibility index (Phi) is 3.81. The summed E-state index contributed by atoms with van der Waals surface area (Å²) >= 11 is 5.17. The maximum absolute atomic E-state index is 12.2. The Morgan fingerprint density at radius 3 is 2.06 bits per heavy atom. The monoisotopic (exact) mass is 268 g/mol. The minimum atomic E-state index is -5.41. The van der Waals surface area contributed by atoms with Crippen molar-refractivity contribution >= 4 is 17.4 Å². The van der Waals surface area contributed by atoms with Crippen molar-refractivity contribution in [2.24, 2.45) is 0 Å². The molecule has 0 radical (unpaired) electrons. The molecule has 94 valence electrons. The third-order valence-electron chi connectivity index (χ3n) is 2.06. The molecule has 1 aromatic rings. The Bertz CT molecular complexity index is 403. The first-order chi connectivity index (χ1) is 7.68. The Hall–Kier alpha value is -1.11. The SMILES string of the molecule is O=C(c1ccccc1)C(Cl)C(O)(O)C(F)(F)F. The van der Waals surface area contributed by atoms with Crippen LogP contribution in [0.1, 0.15) is 10.4 Å². The van der Waals surface area contributed by atoms with E-state index in [1.807, 2.05) is 0 Å². The molecule has 0 spiro atoms. The van der Waals surface area contributed by atoms with Crippen LogP contribution in [0.3, 0.4) is 0 Å². The normalized spacial score (nSPS) is 14.5. The van der Waals surface area contributed by atoms with Gasteiger partial charge in [-0.3, -0.25) is 4.79 Å². The maximum Gasteiger partial charge on any atom is 0.444 e. The zero-order chi connectivity index (χ0) is 13.3. The number of carbonyl (C=O) groups is 1. The first-order valence-corrected chi connectivity index (χ1v) is 4.86. The molecule has 3 nitrogen and oxygen atoms in total. The molecular weight excluding hydrogens is 261 g/mol. The average Bonchev–Trinajstić information content (AvgIpc) is 2.26. The van der Waals surface area contributed by atoms with E-state index in [4.69, 9.17) is 21.8 Å². The van der Waals surface area contributed by atoms with Gasteiger partial charge >= 0.3 is 6.18 Å². The molecule has 17 heavy (non-hydrogen) atoms. The zero-order valence-electron chi connectivity index (χ0n) is 8.28. The van der Waals surface area contributed by atoms with E-state index in [0.29, 0.717) is 0 Å². The highest BCUT2D eigenvalue weighted by Crippen LogP contribution is 2.34. The molecule has 0 aliphatic rings. The van der Waals surface area contributed by atoms with E-state index in [1.165, 1.54) is 24.3 Å². The van der Waals surface area contributed by atoms with E-state index >= 15 is 0 Å². The van der Waals surface area contributed by atoms with Crippen molar-refractivity contribution in [2.45, 2.75) is 17.3 Å². The van der Waals surface area contributed by atoms with Gasteiger partial charge in [-0.05, 0) is 0 Å². The van der Waals surface area contributed by atoms with Crippen LogP contribution < -0.4 is 0 Å². The Balaban J connectivity index is 2.99. The minimum absolute atomic E-state index is 0.135. The molecular formula is C10H8ClF3O3. The van der Waals surface area contributed by atoms with Crippen LogP contribution in [-0.2, 0) is 0 Å². The molecule has 0 aromatic heterocycles. The number of aliphatic hydroxyl groups is 2. The molecule has 0 fully saturated rings. The zero-order valence-corrected chi connectivity index (χ0v) is 9.03. The second kappa shape index (κ2) is 4.64. The summed E-state index contributed by atoms with van der Waals surface area (Å²) < 4.78 is 36.7. The van der Waals surface area contributed by atoms with Crippen LogP contribution in [0.25, 0.3) is 0 Å². The topological polar surface area (TPSA) is 57.5 Å². The maximum atomic E-state index is 12.2. The lowest BCUT2D eigenvalue weighted by Crippen LogP contribution is -2.55. The van der Waals surface area contributed by atoms with Gasteiger partial charge in [-0.15, -0.1) is 11.6 Å². The molecule has 0 heterocycles. The van der Waals surface area contributed by atoms with Crippen molar-refractivity contribution < 1.29 is 28.2 Å². The molecule has 1 atom stereocenters. The molecule has 2 N–H and O–H groups in total. The molecule has 1 unspecified atom stereocenters. The smallest absolute Gasteiger partial charge is 0.357 e. The quantitative estimate of drug-likeness (QED) is 0.499. The third-order valence-corrected chi connectivity index (χ3v) is 2.56. The Labute approximate surface area is 99.4 Å². The summed E-state index contributed by atoms with van der Waals surface area (Å²) in [6, 6.07) is 6.84. The van der Waals surface area contributed by atoms with E-state index in [-0.39, 0.29) is 5.56 Å². The second-order valence-electron chi connectivity index (χ2n) is 3.32. The van der Waals surface area contributed by atoms with Gasteiger partial charge in [-0.2, -0.15) is 13.2 Å². The van der Waals surface area contributed by atoms with Crippen LogP contribution in [-0.4, -0.2) is 33.3 Å². The highest BCUT2D eigenvalue weighted by molar-refractivity contribution is 6.34. The lowest BCUT2D eigenvalue weighted by atomic mass is 10.0. The van der Waals surface area contributed by atoms with Crippen molar-refractivity contribution in [1.82, 2.24) is 0 Å². The summed E-state index contributed by atoms with van der Waals surface area (Å²) in [5, 5.41) is 15.1. The van der Waals surface area contributed by atoms with Gasteiger partial charge in [0, 0.05) is 5.56 Å². The van der Waals surface area contributed by atoms with E-state index in [0.717, 1.165) is 0 Å². The van der Waals surface area contributed by atoms with E-state index < -0.39 is 23.1 Å². The van der Waals surface area contributed by atoms with E-state index in [9.17, 15) is 18.0 Å². The van der Waals surface area contributed by atoms with Gasteiger partial charge in [0.2, 0.25) is 0 Å². The third kappa shape index (κ3) is 2.77. The average molecular weight is 269 g/mol. The van der Waals surface area contributed by atoms with Crippen molar-refractivity contribution in [3.05, 3.63) is 35.9 Å². The van der Waals surface area contributed by atoms with Crippen molar-refractivity contribution in [1.29, 1.82) is 0 Å². The summed E-state index contributed by atoms with van der Waals surface area (Å²) in [5.74, 6) is -5.48. The molecule has 0 amide bonds. The van der Waals surface area contributed by atoms with Gasteiger partial charge in [0.15, 0.2) is 11.2 Å². The molecule has 0 aliphatic carbocycles. The fourth-order valence-electron chi connectivity index (χ4n) is 1.08. The van der Waals surface area contributed by atoms with Crippen LogP contribution in [0, 0.1) is 0 Å². The minimum Gasteiger partial charge on any atom is -0.357 e. The predicted molar refractivity (Wildman–Crippen MR) is 53.6 cm³/mol. The van der Waals surface area contributed by atoms with Crippen LogP contribution in [0.5, 0.6) is 0 Å². The fourth-order valence-corrected chi connectivity index (χ4v) is 1.32. The number of halogens is 4. The number of benzene rings is 1. The Morgan fingerprint density at radius 2 is 1.65 bits per heavy atom. The first kappa shape index (κ1) is 14.0. The Morgan fingerprint density at radius 1 is 1.18 bits per heavy atom. The van der Waals surface area contributed by atoms with Gasteiger partial charge in [0.1, 0.15) is 0 Å². The molecule has 1 aromatic carbocycles. The summed E-state index contributed by atoms with van der Waals surface area (Å²) in [7, 11) is 0. The highest BCUT2D eigenvalue weighted by atomic mass is 35.5. The largest absolute Gasteiger partial charge is 0.444 e. The van der Waals surface area contributed by atoms with Gasteiger partial charge < -0.3 is 10.2 Å². The van der Waals surface area contributed by atoms with Crippen molar-refractivity contribution in [2.75, 3.05) is 0 Å². The van der Waals surface area contributed by atoms with Gasteiger partial charge in [-0.25, -0.2) is 0 Å². The number of carbonyl (C=O) groups excluding carboxylic acids is 1. The number of hydrogen-bond acceptors (Lipinski definition) is 3. The number of hydrogen-bond donors (Lipinski definition) is 2. The number of ketones is 1. The summed E-state index contributed by atoms with van der Waals surface area (Å²) in [6.07, 6.45) is -5.41. The van der Waals surface area contributed by atoms with Crippen LogP contribution in [0.2, 0.25) is 0 Å². The van der Waals surface area contributed by atoms with E-state index in [1.54, 1.807) is 6.07 Å². The number of Topliss-reactive ketones (excluding diaryl/α,β-unsaturated/α-hetero) is 1. The molecule has 0 aliphatic heterocycles. The lowest BCUT2D eigenvalue weighted by Gasteiger charge is -2.27. The van der Waals surface area contributed by atoms with Gasteiger partial charge in [0.25, 0.3) is 5.79 Å². The first-order valence-electron chi connectivity index (χ1n) is 4.42. The van der Waals surface area contributed by atoms with Crippen molar-refractivity contribution in [3.63, 3.8) is 0 Å². The lowest BCUT2D eigenvalue weighted by molar-refractivity contribution is -0.343. The summed E-state index contributed by atoms with van der Waals surface area (Å²) in [4.78, 5) is 11.5. The molecule has 1 rings (SSSR count). The number of rotatable bonds is 3. The summed E-state index contributed by atoms with van der Waals surface area (Å²) in [5.41, 5.74) is -0.135. The number of alkyl halides is 4. The van der Waals surface area contributed by atoms with Crippen LogP contribution in [0.15, 0.2) is 30.3 Å². The molecule has 0 saturated heterocycles. The van der Waals surface area contributed by atoms with Crippen LogP contribution in [0.4, 0.5) is 13.2 Å². The standard InChI is InChI=1S/C10H8ClF3O3/c11-8(9(16,17)10(12,13)14)7(15)6-4-2-1-3-5-6/h1-5,8,16-17H. The molecule has 0 bridgehead atoms. The van der Waals surface area contributed by atoms with Gasteiger partial charge in [0.05, 0.1) is 0 Å². The van der Waals surface area contributed by atoms with Crippen molar-refractivity contribution in [3.8, 4) is 0 Å². The van der Waals surface area contributed by atoms with Gasteiger partial charge in [-0.1, -0.05) is 30.3 Å². The van der Waals surface area contributed by atoms with E-state index in [2.05, 4.69) is 0 Å². The summed E-state index contributed by atoms with van der Waals surface area (Å²) in [6.45, 7) is 0. The molecule has 7 heteroatoms. The predicted octanol–water partition coefficient (Wildman–Crippen LogP) is 1.72. The fraction of sp³-hybridized carbons (Fsp3) is 0.300. The van der Waals surface area contributed by atoms with Crippen LogP contribution >= 0.6 is 11.6 Å². The molecule has 0 saturated carbocycles. The second-order valence-corrected chi connectivity index (χ2v) is 3.75. The highest BCUT2D eigenvalue weighted by Gasteiger charge is 2.59.